The fourth-order valence-electron chi connectivity index (χ4n) is 4.95. The molecule has 1 aromatic heterocycles. The highest BCUT2D eigenvalue weighted by Gasteiger charge is 2.41. The van der Waals surface area contributed by atoms with Gasteiger partial charge in [-0.1, -0.05) is 11.6 Å². The molecule has 1 fully saturated rings. The Morgan fingerprint density at radius 2 is 1.92 bits per heavy atom. The van der Waals surface area contributed by atoms with Crippen LogP contribution in [-0.2, 0) is 14.3 Å². The highest BCUT2D eigenvalue weighted by atomic mass is 35.5. The Kier molecular flexibility index (Phi) is 7.59. The number of hydrogen-bond donors (Lipinski definition) is 1. The minimum absolute atomic E-state index is 0.0271. The van der Waals surface area contributed by atoms with E-state index in [1.165, 1.54) is 19.2 Å². The minimum atomic E-state index is -0.800. The summed E-state index contributed by atoms with van der Waals surface area (Å²) in [5.41, 5.74) is 0.187. The summed E-state index contributed by atoms with van der Waals surface area (Å²) >= 11 is 6.25. The first-order chi connectivity index (χ1) is 17.5. The van der Waals surface area contributed by atoms with Crippen LogP contribution in [0, 0.1) is 17.2 Å². The second-order valence-corrected chi connectivity index (χ2v) is 10.4. The molecular formula is C28H30ClFN2O5. The number of piperidine rings is 1. The standard InChI is InChI=1S/C28H30ClFN2O5/c1-16(26(34)32-11-5-6-17(15-32)28(2,3)27(35)36-4)37-19-8-10-20-22(13-19)25(33)31-14-23(20)21-9-7-18(30)12-24(21)29/h7-10,12-14,16-17H,5-6,11,15H2,1-4H3,(H,31,33)/t16-,17?/m1/s1. The van der Waals surface area contributed by atoms with E-state index >= 15 is 0 Å². The molecule has 0 aliphatic carbocycles. The lowest BCUT2D eigenvalue weighted by Crippen LogP contribution is -2.50. The number of aromatic nitrogens is 1. The van der Waals surface area contributed by atoms with E-state index in [4.69, 9.17) is 21.1 Å². The van der Waals surface area contributed by atoms with E-state index in [0.29, 0.717) is 40.7 Å². The zero-order chi connectivity index (χ0) is 26.9. The van der Waals surface area contributed by atoms with Gasteiger partial charge in [-0.25, -0.2) is 4.39 Å². The number of nitrogens with zero attached hydrogens (tertiary/aromatic N) is 1. The largest absolute Gasteiger partial charge is 0.481 e. The quantitative estimate of drug-likeness (QED) is 0.445. The summed E-state index contributed by atoms with van der Waals surface area (Å²) in [6.45, 7) is 6.38. The number of methoxy groups -OCH3 is 1. The molecule has 0 radical (unpaired) electrons. The summed E-state index contributed by atoms with van der Waals surface area (Å²) in [7, 11) is 1.37. The van der Waals surface area contributed by atoms with Crippen LogP contribution < -0.4 is 10.3 Å². The number of ether oxygens (including phenoxy) is 2. The van der Waals surface area contributed by atoms with E-state index in [-0.39, 0.29) is 28.4 Å². The van der Waals surface area contributed by atoms with Crippen molar-refractivity contribution in [3.63, 3.8) is 0 Å². The van der Waals surface area contributed by atoms with Gasteiger partial charge in [0, 0.05) is 30.4 Å². The Morgan fingerprint density at radius 1 is 1.16 bits per heavy atom. The van der Waals surface area contributed by atoms with Crippen LogP contribution in [0.5, 0.6) is 5.75 Å². The molecule has 1 amide bonds. The topological polar surface area (TPSA) is 88.7 Å². The predicted octanol–water partition coefficient (Wildman–Crippen LogP) is 5.19. The Hall–Kier alpha value is -3.39. The number of H-pyrrole nitrogens is 1. The van der Waals surface area contributed by atoms with E-state index in [1.54, 1.807) is 42.3 Å². The summed E-state index contributed by atoms with van der Waals surface area (Å²) in [6.07, 6.45) is 2.35. The first-order valence-electron chi connectivity index (χ1n) is 12.2. The number of amides is 1. The third kappa shape index (κ3) is 5.34. The van der Waals surface area contributed by atoms with Crippen LogP contribution >= 0.6 is 11.6 Å². The van der Waals surface area contributed by atoms with Crippen molar-refractivity contribution < 1.29 is 23.5 Å². The molecule has 1 saturated heterocycles. The van der Waals surface area contributed by atoms with Gasteiger partial charge in [-0.05, 0) is 81.3 Å². The Morgan fingerprint density at radius 3 is 2.62 bits per heavy atom. The zero-order valence-corrected chi connectivity index (χ0v) is 22.0. The second-order valence-electron chi connectivity index (χ2n) is 9.96. The molecule has 0 spiro atoms. The summed E-state index contributed by atoms with van der Waals surface area (Å²) < 4.78 is 24.5. The van der Waals surface area contributed by atoms with E-state index in [0.717, 1.165) is 12.8 Å². The molecule has 2 atom stereocenters. The molecule has 3 aromatic rings. The molecule has 4 rings (SSSR count). The molecule has 0 bridgehead atoms. The van der Waals surface area contributed by atoms with Gasteiger partial charge in [-0.2, -0.15) is 0 Å². The number of hydrogen-bond acceptors (Lipinski definition) is 5. The zero-order valence-electron chi connectivity index (χ0n) is 21.3. The third-order valence-electron chi connectivity index (χ3n) is 7.22. The van der Waals surface area contributed by atoms with Crippen LogP contribution in [-0.4, -0.2) is 48.1 Å². The average Bonchev–Trinajstić information content (AvgIpc) is 2.88. The lowest BCUT2D eigenvalue weighted by molar-refractivity contribution is -0.157. The van der Waals surface area contributed by atoms with Crippen LogP contribution in [0.1, 0.15) is 33.6 Å². The molecular weight excluding hydrogens is 499 g/mol. The Bertz CT molecular complexity index is 1400. The lowest BCUT2D eigenvalue weighted by atomic mass is 9.74. The van der Waals surface area contributed by atoms with Crippen LogP contribution in [0.2, 0.25) is 5.02 Å². The van der Waals surface area contributed by atoms with Gasteiger partial charge in [0.25, 0.3) is 11.5 Å². The number of carbonyl (C=O) groups is 2. The summed E-state index contributed by atoms with van der Waals surface area (Å²) in [5, 5.41) is 1.20. The molecule has 1 N–H and O–H groups in total. The maximum absolute atomic E-state index is 13.5. The average molecular weight is 529 g/mol. The fraction of sp³-hybridized carbons (Fsp3) is 0.393. The van der Waals surface area contributed by atoms with Crippen LogP contribution in [0.15, 0.2) is 47.4 Å². The van der Waals surface area contributed by atoms with E-state index in [2.05, 4.69) is 4.98 Å². The molecule has 9 heteroatoms. The van der Waals surface area contributed by atoms with Crippen LogP contribution in [0.3, 0.4) is 0 Å². The van der Waals surface area contributed by atoms with E-state index in [1.807, 2.05) is 13.8 Å². The van der Waals surface area contributed by atoms with Crippen molar-refractivity contribution in [1.29, 1.82) is 0 Å². The molecule has 37 heavy (non-hydrogen) atoms. The third-order valence-corrected chi connectivity index (χ3v) is 7.53. The predicted molar refractivity (Wildman–Crippen MR) is 140 cm³/mol. The number of halogens is 2. The number of aromatic amines is 1. The number of carbonyl (C=O) groups excluding carboxylic acids is 2. The van der Waals surface area contributed by atoms with Crippen molar-refractivity contribution in [2.45, 2.75) is 39.7 Å². The summed E-state index contributed by atoms with van der Waals surface area (Å²) in [6, 6.07) is 9.08. The van der Waals surface area contributed by atoms with Crippen molar-refractivity contribution in [3.8, 4) is 16.9 Å². The molecule has 7 nitrogen and oxygen atoms in total. The van der Waals surface area contributed by atoms with Crippen molar-refractivity contribution in [2.24, 2.45) is 11.3 Å². The number of rotatable bonds is 6. The number of pyridine rings is 1. The maximum atomic E-state index is 13.5. The molecule has 1 unspecified atom stereocenters. The van der Waals surface area contributed by atoms with Gasteiger partial charge in [0.05, 0.1) is 22.9 Å². The first-order valence-corrected chi connectivity index (χ1v) is 12.6. The number of likely N-dealkylation sites (tertiary alicyclic amines) is 1. The van der Waals surface area contributed by atoms with Gasteiger partial charge in [0.1, 0.15) is 11.6 Å². The number of benzene rings is 2. The minimum Gasteiger partial charge on any atom is -0.481 e. The monoisotopic (exact) mass is 528 g/mol. The lowest BCUT2D eigenvalue weighted by Gasteiger charge is -2.40. The van der Waals surface area contributed by atoms with Gasteiger partial charge < -0.3 is 19.4 Å². The molecule has 1 aliphatic heterocycles. The first kappa shape index (κ1) is 26.7. The van der Waals surface area contributed by atoms with E-state index < -0.39 is 17.3 Å². The molecule has 1 aliphatic rings. The SMILES string of the molecule is COC(=O)C(C)(C)C1CCCN(C(=O)[C@@H](C)Oc2ccc3c(-c4ccc(F)cc4Cl)c[nH]c(=O)c3c2)C1. The number of esters is 1. The fourth-order valence-corrected chi connectivity index (χ4v) is 5.22. The van der Waals surface area contributed by atoms with Crippen molar-refractivity contribution in [2.75, 3.05) is 20.2 Å². The smallest absolute Gasteiger partial charge is 0.311 e. The van der Waals surface area contributed by atoms with Gasteiger partial charge in [0.2, 0.25) is 0 Å². The number of fused-ring (bicyclic) bond motifs is 1. The second kappa shape index (κ2) is 10.5. The van der Waals surface area contributed by atoms with Crippen molar-refractivity contribution in [3.05, 3.63) is 63.8 Å². The van der Waals surface area contributed by atoms with Crippen LogP contribution in [0.25, 0.3) is 21.9 Å². The molecule has 2 heterocycles. The molecule has 196 valence electrons. The van der Waals surface area contributed by atoms with Gasteiger partial charge in [-0.15, -0.1) is 0 Å². The highest BCUT2D eigenvalue weighted by molar-refractivity contribution is 6.33. The normalized spacial score (nSPS) is 16.9. The van der Waals surface area contributed by atoms with E-state index in [9.17, 15) is 18.8 Å². The maximum Gasteiger partial charge on any atom is 0.311 e. The number of nitrogens with one attached hydrogen (secondary N) is 1. The van der Waals surface area contributed by atoms with Crippen molar-refractivity contribution in [1.82, 2.24) is 9.88 Å². The molecule has 0 saturated carbocycles. The van der Waals surface area contributed by atoms with Crippen LogP contribution in [0.4, 0.5) is 4.39 Å². The summed E-state index contributed by atoms with van der Waals surface area (Å²) in [4.78, 5) is 42.5. The van der Waals surface area contributed by atoms with Crippen molar-refractivity contribution >= 4 is 34.2 Å². The Balaban J connectivity index is 1.55. The van der Waals surface area contributed by atoms with Gasteiger partial charge >= 0.3 is 5.97 Å². The molecule has 2 aromatic carbocycles. The summed E-state index contributed by atoms with van der Waals surface area (Å²) in [5.74, 6) is -0.596. The highest BCUT2D eigenvalue weighted by Crippen LogP contribution is 2.36. The Labute approximate surface area is 219 Å². The van der Waals surface area contributed by atoms with Gasteiger partial charge in [-0.3, -0.25) is 14.4 Å². The van der Waals surface area contributed by atoms with Gasteiger partial charge in [0.15, 0.2) is 6.10 Å².